The van der Waals surface area contributed by atoms with Gasteiger partial charge in [-0.05, 0) is 33.1 Å². The fourth-order valence-corrected chi connectivity index (χ4v) is 1.12. The van der Waals surface area contributed by atoms with Gasteiger partial charge in [-0.25, -0.2) is 0 Å². The Morgan fingerprint density at radius 3 is 2.38 bits per heavy atom. The minimum absolute atomic E-state index is 0.138. The first-order valence-electron chi connectivity index (χ1n) is 4.88. The maximum absolute atomic E-state index is 11.2. The summed E-state index contributed by atoms with van der Waals surface area (Å²) in [5.41, 5.74) is 1.36. The third-order valence-corrected chi connectivity index (χ3v) is 2.33. The van der Waals surface area contributed by atoms with Crippen LogP contribution in [0.25, 0.3) is 0 Å². The standard InChI is InChI=1S/C12H20O/c1-5-7-12(11(4)13)9-8-10(3)6-2/h5,8,12H,1,6-7,9H2,2-4H3. The molecule has 0 radical (unpaired) electrons. The molecule has 0 heterocycles. The summed E-state index contributed by atoms with van der Waals surface area (Å²) in [6.45, 7) is 9.54. The first-order valence-corrected chi connectivity index (χ1v) is 4.88. The molecule has 0 saturated carbocycles. The summed E-state index contributed by atoms with van der Waals surface area (Å²) in [6, 6.07) is 0. The predicted molar refractivity (Wildman–Crippen MR) is 57.7 cm³/mol. The van der Waals surface area contributed by atoms with Crippen LogP contribution in [0.4, 0.5) is 0 Å². The Kier molecular flexibility index (Phi) is 6.21. The lowest BCUT2D eigenvalue weighted by Gasteiger charge is -2.08. The van der Waals surface area contributed by atoms with Crippen LogP contribution in [0.5, 0.6) is 0 Å². The van der Waals surface area contributed by atoms with E-state index in [4.69, 9.17) is 0 Å². The lowest BCUT2D eigenvalue weighted by atomic mass is 9.96. The molecule has 0 fully saturated rings. The second-order valence-corrected chi connectivity index (χ2v) is 3.47. The second-order valence-electron chi connectivity index (χ2n) is 3.47. The first-order chi connectivity index (χ1) is 6.11. The molecular formula is C12H20O. The van der Waals surface area contributed by atoms with Crippen LogP contribution in [-0.2, 0) is 4.79 Å². The van der Waals surface area contributed by atoms with Crippen LogP contribution < -0.4 is 0 Å². The molecule has 0 N–H and O–H groups in total. The number of allylic oxidation sites excluding steroid dienone is 3. The van der Waals surface area contributed by atoms with Crippen molar-refractivity contribution >= 4 is 5.78 Å². The van der Waals surface area contributed by atoms with E-state index in [9.17, 15) is 4.79 Å². The second kappa shape index (κ2) is 6.64. The van der Waals surface area contributed by atoms with Crippen molar-refractivity contribution in [1.82, 2.24) is 0 Å². The third kappa shape index (κ3) is 5.40. The molecule has 0 aromatic heterocycles. The van der Waals surface area contributed by atoms with E-state index in [2.05, 4.69) is 26.5 Å². The Bertz CT molecular complexity index is 201. The Labute approximate surface area is 81.5 Å². The van der Waals surface area contributed by atoms with Gasteiger partial charge in [0.25, 0.3) is 0 Å². The Hall–Kier alpha value is -0.850. The molecule has 1 atom stereocenters. The van der Waals surface area contributed by atoms with Gasteiger partial charge in [0.2, 0.25) is 0 Å². The Balaban J connectivity index is 4.10. The molecule has 0 aromatic carbocycles. The van der Waals surface area contributed by atoms with E-state index in [1.807, 2.05) is 6.08 Å². The molecule has 13 heavy (non-hydrogen) atoms. The fourth-order valence-electron chi connectivity index (χ4n) is 1.12. The van der Waals surface area contributed by atoms with E-state index in [-0.39, 0.29) is 11.7 Å². The van der Waals surface area contributed by atoms with Crippen molar-refractivity contribution < 1.29 is 4.79 Å². The van der Waals surface area contributed by atoms with Crippen molar-refractivity contribution in [1.29, 1.82) is 0 Å². The number of hydrogen-bond acceptors (Lipinski definition) is 1. The van der Waals surface area contributed by atoms with Gasteiger partial charge in [0.15, 0.2) is 0 Å². The van der Waals surface area contributed by atoms with Crippen LogP contribution in [0.1, 0.15) is 40.0 Å². The van der Waals surface area contributed by atoms with Crippen LogP contribution in [-0.4, -0.2) is 5.78 Å². The maximum atomic E-state index is 11.2. The monoisotopic (exact) mass is 180 g/mol. The Morgan fingerprint density at radius 2 is 2.00 bits per heavy atom. The minimum Gasteiger partial charge on any atom is -0.300 e. The summed E-state index contributed by atoms with van der Waals surface area (Å²) in [6.07, 6.45) is 6.71. The van der Waals surface area contributed by atoms with Gasteiger partial charge >= 0.3 is 0 Å². The van der Waals surface area contributed by atoms with Crippen LogP contribution in [0, 0.1) is 5.92 Å². The molecule has 0 bridgehead atoms. The topological polar surface area (TPSA) is 17.1 Å². The highest BCUT2D eigenvalue weighted by Crippen LogP contribution is 2.13. The summed E-state index contributed by atoms with van der Waals surface area (Å²) in [4.78, 5) is 11.2. The van der Waals surface area contributed by atoms with Gasteiger partial charge in [-0.1, -0.05) is 24.6 Å². The highest BCUT2D eigenvalue weighted by atomic mass is 16.1. The van der Waals surface area contributed by atoms with Crippen LogP contribution in [0.3, 0.4) is 0 Å². The van der Waals surface area contributed by atoms with Crippen molar-refractivity contribution in [3.05, 3.63) is 24.3 Å². The molecule has 74 valence electrons. The minimum atomic E-state index is 0.138. The van der Waals surface area contributed by atoms with Gasteiger partial charge in [0.1, 0.15) is 5.78 Å². The molecule has 0 rings (SSSR count). The van der Waals surface area contributed by atoms with Crippen LogP contribution >= 0.6 is 0 Å². The largest absolute Gasteiger partial charge is 0.300 e. The zero-order valence-electron chi connectivity index (χ0n) is 8.97. The number of Topliss-reactive ketones (excluding diaryl/α,β-unsaturated/α-hetero) is 1. The van der Waals surface area contributed by atoms with E-state index in [0.717, 1.165) is 19.3 Å². The molecule has 0 spiro atoms. The average molecular weight is 180 g/mol. The molecule has 0 aromatic rings. The molecule has 0 aliphatic carbocycles. The van der Waals surface area contributed by atoms with Crippen molar-refractivity contribution in [2.75, 3.05) is 0 Å². The van der Waals surface area contributed by atoms with Crippen molar-refractivity contribution in [3.63, 3.8) is 0 Å². The zero-order valence-corrected chi connectivity index (χ0v) is 8.97. The normalized spacial score (nSPS) is 13.9. The van der Waals surface area contributed by atoms with Gasteiger partial charge in [0, 0.05) is 5.92 Å². The van der Waals surface area contributed by atoms with E-state index in [1.165, 1.54) is 5.57 Å². The first kappa shape index (κ1) is 12.2. The average Bonchev–Trinajstić information content (AvgIpc) is 2.11. The molecule has 1 heteroatoms. The molecule has 0 aliphatic rings. The van der Waals surface area contributed by atoms with Crippen molar-refractivity contribution in [2.24, 2.45) is 5.92 Å². The molecule has 0 aliphatic heterocycles. The smallest absolute Gasteiger partial charge is 0.133 e. The molecular weight excluding hydrogens is 160 g/mol. The number of carbonyl (C=O) groups excluding carboxylic acids is 1. The van der Waals surface area contributed by atoms with Crippen molar-refractivity contribution in [2.45, 2.75) is 40.0 Å². The van der Waals surface area contributed by atoms with Crippen LogP contribution in [0.2, 0.25) is 0 Å². The van der Waals surface area contributed by atoms with Gasteiger partial charge in [0.05, 0.1) is 0 Å². The van der Waals surface area contributed by atoms with E-state index in [1.54, 1.807) is 6.92 Å². The van der Waals surface area contributed by atoms with Gasteiger partial charge in [-0.3, -0.25) is 4.79 Å². The quantitative estimate of drug-likeness (QED) is 0.572. The molecule has 1 nitrogen and oxygen atoms in total. The number of carbonyl (C=O) groups is 1. The van der Waals surface area contributed by atoms with E-state index >= 15 is 0 Å². The summed E-state index contributed by atoms with van der Waals surface area (Å²) < 4.78 is 0. The molecule has 0 amide bonds. The van der Waals surface area contributed by atoms with Crippen LogP contribution in [0.15, 0.2) is 24.3 Å². The number of rotatable bonds is 6. The van der Waals surface area contributed by atoms with Gasteiger partial charge in [-0.2, -0.15) is 0 Å². The SMILES string of the molecule is C=CCC(CC=C(C)CC)C(C)=O. The summed E-state index contributed by atoms with van der Waals surface area (Å²) in [5.74, 6) is 0.402. The molecule has 1 unspecified atom stereocenters. The lowest BCUT2D eigenvalue weighted by Crippen LogP contribution is -2.08. The number of ketones is 1. The number of hydrogen-bond donors (Lipinski definition) is 0. The van der Waals surface area contributed by atoms with E-state index < -0.39 is 0 Å². The predicted octanol–water partition coefficient (Wildman–Crippen LogP) is 3.51. The fraction of sp³-hybridized carbons (Fsp3) is 0.583. The summed E-state index contributed by atoms with van der Waals surface area (Å²) in [5, 5.41) is 0. The summed E-state index contributed by atoms with van der Waals surface area (Å²) >= 11 is 0. The van der Waals surface area contributed by atoms with Gasteiger partial charge < -0.3 is 0 Å². The van der Waals surface area contributed by atoms with Crippen molar-refractivity contribution in [3.8, 4) is 0 Å². The lowest BCUT2D eigenvalue weighted by molar-refractivity contribution is -0.120. The molecule has 0 saturated heterocycles. The van der Waals surface area contributed by atoms with E-state index in [0.29, 0.717) is 0 Å². The third-order valence-electron chi connectivity index (χ3n) is 2.33. The van der Waals surface area contributed by atoms with Gasteiger partial charge in [-0.15, -0.1) is 6.58 Å². The Morgan fingerprint density at radius 1 is 1.38 bits per heavy atom. The highest BCUT2D eigenvalue weighted by Gasteiger charge is 2.09. The summed E-state index contributed by atoms with van der Waals surface area (Å²) in [7, 11) is 0. The maximum Gasteiger partial charge on any atom is 0.133 e. The highest BCUT2D eigenvalue weighted by molar-refractivity contribution is 5.78. The zero-order chi connectivity index (χ0) is 10.3.